The van der Waals surface area contributed by atoms with Gasteiger partial charge in [-0.05, 0) is 37.5 Å². The minimum Gasteiger partial charge on any atom is -0.461 e. The van der Waals surface area contributed by atoms with Crippen LogP contribution < -0.4 is 5.73 Å². The summed E-state index contributed by atoms with van der Waals surface area (Å²) in [6.45, 7) is 1.83. The normalized spacial score (nSPS) is 13.1. The quantitative estimate of drug-likeness (QED) is 0.672. The van der Waals surface area contributed by atoms with Gasteiger partial charge in [-0.15, -0.1) is 11.3 Å². The molecule has 2 N–H and O–H groups in total. The number of aryl methyl sites for hydroxylation is 1. The number of nitrogens with two attached hydrogens (primary N) is 1. The number of hydrogen-bond acceptors (Lipinski definition) is 7. The maximum Gasteiger partial charge on any atom is 0.356 e. The van der Waals surface area contributed by atoms with Crippen molar-refractivity contribution < 1.29 is 17.9 Å². The van der Waals surface area contributed by atoms with Gasteiger partial charge in [0.1, 0.15) is 5.69 Å². The van der Waals surface area contributed by atoms with E-state index in [4.69, 9.17) is 10.5 Å². The van der Waals surface area contributed by atoms with Crippen LogP contribution in [-0.2, 0) is 27.6 Å². The van der Waals surface area contributed by atoms with Crippen molar-refractivity contribution in [1.82, 2.24) is 8.96 Å². The summed E-state index contributed by atoms with van der Waals surface area (Å²) in [5.41, 5.74) is 7.76. The predicted octanol–water partition coefficient (Wildman–Crippen LogP) is 2.71. The van der Waals surface area contributed by atoms with Crippen molar-refractivity contribution in [3.05, 3.63) is 52.7 Å². The second-order valence-corrected chi connectivity index (χ2v) is 8.96. The van der Waals surface area contributed by atoms with Gasteiger partial charge in [0.25, 0.3) is 10.0 Å². The van der Waals surface area contributed by atoms with E-state index < -0.39 is 16.0 Å². The third-order valence-corrected chi connectivity index (χ3v) is 7.04. The van der Waals surface area contributed by atoms with Gasteiger partial charge < -0.3 is 10.5 Å². The molecule has 27 heavy (non-hydrogen) atoms. The van der Waals surface area contributed by atoms with Crippen LogP contribution in [0.2, 0.25) is 0 Å². The molecule has 0 spiro atoms. The van der Waals surface area contributed by atoms with Gasteiger partial charge in [0, 0.05) is 16.6 Å². The number of carbonyl (C=O) groups excluding carboxylic acids is 1. The average molecular weight is 403 g/mol. The molecule has 0 fully saturated rings. The molecule has 0 bridgehead atoms. The molecular weight excluding hydrogens is 386 g/mol. The van der Waals surface area contributed by atoms with Gasteiger partial charge in [0.2, 0.25) is 0 Å². The smallest absolute Gasteiger partial charge is 0.356 e. The van der Waals surface area contributed by atoms with E-state index in [1.54, 1.807) is 25.1 Å². The van der Waals surface area contributed by atoms with E-state index in [2.05, 4.69) is 4.98 Å². The lowest BCUT2D eigenvalue weighted by molar-refractivity contribution is 0.0517. The maximum atomic E-state index is 13.2. The Morgan fingerprint density at radius 3 is 2.74 bits per heavy atom. The first-order chi connectivity index (χ1) is 12.9. The summed E-state index contributed by atoms with van der Waals surface area (Å²) in [6, 6.07) is 8.00. The van der Waals surface area contributed by atoms with Crippen LogP contribution in [0.15, 0.2) is 41.4 Å². The second-order valence-electron chi connectivity index (χ2n) is 6.03. The lowest BCUT2D eigenvalue weighted by Crippen LogP contribution is -2.20. The van der Waals surface area contributed by atoms with Crippen LogP contribution in [0.1, 0.15) is 27.9 Å². The van der Waals surface area contributed by atoms with Crippen molar-refractivity contribution in [2.24, 2.45) is 0 Å². The van der Waals surface area contributed by atoms with E-state index in [9.17, 15) is 13.2 Å². The van der Waals surface area contributed by atoms with E-state index in [1.165, 1.54) is 29.7 Å². The molecule has 0 unspecified atom stereocenters. The average Bonchev–Trinajstić information content (AvgIpc) is 3.22. The number of aromatic nitrogens is 2. The van der Waals surface area contributed by atoms with Crippen molar-refractivity contribution in [1.29, 1.82) is 0 Å². The number of nitrogen functional groups attached to an aromatic ring is 1. The summed E-state index contributed by atoms with van der Waals surface area (Å²) in [7, 11) is -3.96. The Morgan fingerprint density at radius 1 is 1.30 bits per heavy atom. The first-order valence-electron chi connectivity index (χ1n) is 8.41. The summed E-state index contributed by atoms with van der Waals surface area (Å²) in [6.07, 6.45) is 2.63. The molecule has 0 radical (unpaired) electrons. The van der Waals surface area contributed by atoms with Crippen LogP contribution >= 0.6 is 11.3 Å². The molecule has 7 nitrogen and oxygen atoms in total. The number of fused-ring (bicyclic) bond motifs is 3. The predicted molar refractivity (Wildman–Crippen MR) is 102 cm³/mol. The highest BCUT2D eigenvalue weighted by Gasteiger charge is 2.34. The highest BCUT2D eigenvalue weighted by atomic mass is 32.2. The Morgan fingerprint density at radius 2 is 2.04 bits per heavy atom. The standard InChI is InChI=1S/C18H17N3O4S2/c1-2-25-17(22)16-12-8-9-14-15(20-18(19)26-14)13(12)10-21(16)27(23,24)11-6-4-3-5-7-11/h3-7,10H,2,8-9H2,1H3,(H2,19,20). The Hall–Kier alpha value is -2.65. The fourth-order valence-corrected chi connectivity index (χ4v) is 5.52. The highest BCUT2D eigenvalue weighted by molar-refractivity contribution is 7.90. The molecule has 2 heterocycles. The van der Waals surface area contributed by atoms with Crippen LogP contribution in [0.3, 0.4) is 0 Å². The van der Waals surface area contributed by atoms with Crippen LogP contribution in [0.5, 0.6) is 0 Å². The topological polar surface area (TPSA) is 104 Å². The molecule has 0 aliphatic heterocycles. The third kappa shape index (κ3) is 2.83. The fraction of sp³-hybridized carbons (Fsp3) is 0.222. The minimum atomic E-state index is -3.96. The number of anilines is 1. The van der Waals surface area contributed by atoms with Crippen molar-refractivity contribution in [3.63, 3.8) is 0 Å². The van der Waals surface area contributed by atoms with Crippen molar-refractivity contribution >= 4 is 32.5 Å². The van der Waals surface area contributed by atoms with Crippen LogP contribution in [0, 0.1) is 0 Å². The summed E-state index contributed by atoms with van der Waals surface area (Å²) in [5.74, 6) is -0.662. The number of rotatable bonds is 4. The molecule has 9 heteroatoms. The maximum absolute atomic E-state index is 13.2. The number of hydrogen-bond donors (Lipinski definition) is 1. The number of ether oxygens (including phenoxy) is 1. The Balaban J connectivity index is 1.98. The number of benzene rings is 1. The van der Waals surface area contributed by atoms with Gasteiger partial charge in [0.05, 0.1) is 17.2 Å². The molecule has 0 saturated carbocycles. The van der Waals surface area contributed by atoms with Crippen molar-refractivity contribution in [2.45, 2.75) is 24.7 Å². The van der Waals surface area contributed by atoms with E-state index in [0.717, 1.165) is 8.85 Å². The Labute approximate surface area is 160 Å². The van der Waals surface area contributed by atoms with Gasteiger partial charge in [-0.1, -0.05) is 18.2 Å². The zero-order valence-corrected chi connectivity index (χ0v) is 16.1. The number of carbonyl (C=O) groups is 1. The molecule has 0 atom stereocenters. The first-order valence-corrected chi connectivity index (χ1v) is 10.7. The van der Waals surface area contributed by atoms with Crippen LogP contribution in [0.25, 0.3) is 11.3 Å². The molecule has 1 aliphatic rings. The molecule has 140 valence electrons. The lowest BCUT2D eigenvalue weighted by atomic mass is 9.95. The minimum absolute atomic E-state index is 0.0351. The Bertz CT molecular complexity index is 1130. The van der Waals surface area contributed by atoms with E-state index >= 15 is 0 Å². The van der Waals surface area contributed by atoms with E-state index in [0.29, 0.717) is 34.8 Å². The molecule has 4 rings (SSSR count). The third-order valence-electron chi connectivity index (χ3n) is 4.42. The lowest BCUT2D eigenvalue weighted by Gasteiger charge is -2.13. The number of thiazole rings is 1. The monoisotopic (exact) mass is 403 g/mol. The van der Waals surface area contributed by atoms with Gasteiger partial charge in [-0.2, -0.15) is 0 Å². The van der Waals surface area contributed by atoms with Gasteiger partial charge in [0.15, 0.2) is 5.13 Å². The fourth-order valence-electron chi connectivity index (χ4n) is 3.27. The number of nitrogens with zero attached hydrogens (tertiary/aromatic N) is 2. The largest absolute Gasteiger partial charge is 0.461 e. The van der Waals surface area contributed by atoms with Crippen molar-refractivity contribution in [2.75, 3.05) is 12.3 Å². The molecular formula is C18H17N3O4S2. The summed E-state index contributed by atoms with van der Waals surface area (Å²) < 4.78 is 32.6. The molecule has 3 aromatic rings. The van der Waals surface area contributed by atoms with Crippen molar-refractivity contribution in [3.8, 4) is 11.3 Å². The molecule has 1 aliphatic carbocycles. The second kappa shape index (κ2) is 6.50. The van der Waals surface area contributed by atoms with Gasteiger partial charge in [-0.25, -0.2) is 22.2 Å². The number of esters is 1. The summed E-state index contributed by atoms with van der Waals surface area (Å²) >= 11 is 1.38. The highest BCUT2D eigenvalue weighted by Crippen LogP contribution is 2.40. The zero-order chi connectivity index (χ0) is 19.2. The van der Waals surface area contributed by atoms with Gasteiger partial charge in [-0.3, -0.25) is 0 Å². The van der Waals surface area contributed by atoms with E-state index in [1.807, 2.05) is 0 Å². The SMILES string of the molecule is CCOC(=O)c1c2c(cn1S(=O)(=O)c1ccccc1)-c1nc(N)sc1CC2. The molecule has 2 aromatic heterocycles. The Kier molecular flexibility index (Phi) is 4.27. The molecule has 0 amide bonds. The van der Waals surface area contributed by atoms with Crippen LogP contribution in [-0.4, -0.2) is 30.0 Å². The summed E-state index contributed by atoms with van der Waals surface area (Å²) in [5, 5.41) is 0.421. The molecule has 1 aromatic carbocycles. The summed E-state index contributed by atoms with van der Waals surface area (Å²) in [4.78, 5) is 18.1. The van der Waals surface area contributed by atoms with E-state index in [-0.39, 0.29) is 17.2 Å². The van der Waals surface area contributed by atoms with Crippen LogP contribution in [0.4, 0.5) is 5.13 Å². The molecule has 0 saturated heterocycles. The van der Waals surface area contributed by atoms with Gasteiger partial charge >= 0.3 is 5.97 Å². The first kappa shape index (κ1) is 17.7. The zero-order valence-electron chi connectivity index (χ0n) is 14.5.